The van der Waals surface area contributed by atoms with E-state index in [2.05, 4.69) is 15.9 Å². The number of hydrogen-bond donors (Lipinski definition) is 2. The monoisotopic (exact) mass is 366 g/mol. The maximum absolute atomic E-state index is 13.8. The van der Waals surface area contributed by atoms with E-state index in [-0.39, 0.29) is 23.4 Å². The highest BCUT2D eigenvalue weighted by Crippen LogP contribution is 2.22. The van der Waals surface area contributed by atoms with E-state index >= 15 is 0 Å². The summed E-state index contributed by atoms with van der Waals surface area (Å²) in [5.41, 5.74) is 1.36. The van der Waals surface area contributed by atoms with E-state index in [1.807, 2.05) is 0 Å². The van der Waals surface area contributed by atoms with Gasteiger partial charge in [-0.3, -0.25) is 0 Å². The number of carboxylic acids is 2. The molecule has 2 aromatic rings. The molecule has 0 unspecified atom stereocenters. The lowest BCUT2D eigenvalue weighted by atomic mass is 9.95. The Hall–Kier alpha value is -2.21. The van der Waals surface area contributed by atoms with Crippen molar-refractivity contribution < 1.29 is 24.2 Å². The molecule has 0 spiro atoms. The van der Waals surface area contributed by atoms with Crippen molar-refractivity contribution in [2.75, 3.05) is 0 Å². The smallest absolute Gasteiger partial charge is 0.336 e. The van der Waals surface area contributed by atoms with Crippen LogP contribution in [0.1, 0.15) is 37.4 Å². The zero-order chi connectivity index (χ0) is 16.3. The third-order valence-electron chi connectivity index (χ3n) is 3.32. The summed E-state index contributed by atoms with van der Waals surface area (Å²) >= 11 is 3.22. The number of benzene rings is 2. The molecule has 0 saturated heterocycles. The van der Waals surface area contributed by atoms with Gasteiger partial charge < -0.3 is 10.2 Å². The molecule has 4 nitrogen and oxygen atoms in total. The summed E-state index contributed by atoms with van der Waals surface area (Å²) in [6, 6.07) is 8.53. The minimum absolute atomic E-state index is 0.0929. The zero-order valence-corrected chi connectivity index (χ0v) is 12.9. The number of alkyl halides is 1. The van der Waals surface area contributed by atoms with E-state index in [1.54, 1.807) is 12.1 Å². The van der Waals surface area contributed by atoms with Gasteiger partial charge in [0.05, 0.1) is 11.1 Å². The van der Waals surface area contributed by atoms with E-state index in [0.717, 1.165) is 6.07 Å². The second kappa shape index (κ2) is 6.70. The van der Waals surface area contributed by atoms with Crippen LogP contribution in [-0.2, 0) is 11.8 Å². The second-order valence-electron chi connectivity index (χ2n) is 4.67. The molecule has 0 atom stereocenters. The lowest BCUT2D eigenvalue weighted by Crippen LogP contribution is -2.08. The van der Waals surface area contributed by atoms with Crippen molar-refractivity contribution in [1.82, 2.24) is 0 Å². The van der Waals surface area contributed by atoms with E-state index in [1.165, 1.54) is 18.2 Å². The van der Waals surface area contributed by atoms with E-state index < -0.39 is 11.9 Å². The minimum atomic E-state index is -1.21. The number of halogens is 2. The van der Waals surface area contributed by atoms with Crippen LogP contribution in [-0.4, -0.2) is 22.2 Å². The first-order chi connectivity index (χ1) is 10.4. The van der Waals surface area contributed by atoms with Gasteiger partial charge in [0, 0.05) is 10.9 Å². The van der Waals surface area contributed by atoms with Crippen LogP contribution >= 0.6 is 15.9 Å². The number of hydrogen-bond acceptors (Lipinski definition) is 2. The molecule has 0 aliphatic carbocycles. The number of carboxylic acid groups (broad SMARTS) is 2. The van der Waals surface area contributed by atoms with Crippen molar-refractivity contribution in [1.29, 1.82) is 0 Å². The number of carbonyl (C=O) groups is 2. The van der Waals surface area contributed by atoms with Gasteiger partial charge in [-0.15, -0.1) is 0 Å². The van der Waals surface area contributed by atoms with Crippen LogP contribution in [0.5, 0.6) is 0 Å². The molecule has 0 bridgehead atoms. The summed E-state index contributed by atoms with van der Waals surface area (Å²) in [6.45, 7) is 0. The van der Waals surface area contributed by atoms with Crippen molar-refractivity contribution in [2.24, 2.45) is 0 Å². The molecule has 6 heteroatoms. The fourth-order valence-electron chi connectivity index (χ4n) is 2.19. The first kappa shape index (κ1) is 16.2. The normalized spacial score (nSPS) is 10.5. The lowest BCUT2D eigenvalue weighted by Gasteiger charge is -2.11. The molecule has 0 heterocycles. The van der Waals surface area contributed by atoms with Gasteiger partial charge >= 0.3 is 11.9 Å². The predicted octanol–water partition coefficient (Wildman–Crippen LogP) is 3.71. The zero-order valence-electron chi connectivity index (χ0n) is 11.3. The summed E-state index contributed by atoms with van der Waals surface area (Å²) in [4.78, 5) is 22.3. The Morgan fingerprint density at radius 3 is 2.36 bits per heavy atom. The molecule has 114 valence electrons. The summed E-state index contributed by atoms with van der Waals surface area (Å²) in [5, 5.41) is 18.5. The fraction of sp³-hybridized carbons (Fsp3) is 0.125. The minimum Gasteiger partial charge on any atom is -0.478 e. The molecule has 2 rings (SSSR count). The molecule has 0 radical (unpaired) electrons. The molecular formula is C16H12BrFO4. The summed E-state index contributed by atoms with van der Waals surface area (Å²) < 4.78 is 13.8. The Bertz CT molecular complexity index is 743. The van der Waals surface area contributed by atoms with Gasteiger partial charge in [0.15, 0.2) is 0 Å². The lowest BCUT2D eigenvalue weighted by molar-refractivity contribution is 0.0695. The molecule has 0 aliphatic rings. The van der Waals surface area contributed by atoms with Crippen LogP contribution in [0.25, 0.3) is 0 Å². The van der Waals surface area contributed by atoms with Gasteiger partial charge in [0.1, 0.15) is 5.82 Å². The summed E-state index contributed by atoms with van der Waals surface area (Å²) in [5.74, 6) is -2.77. The Morgan fingerprint density at radius 1 is 1.05 bits per heavy atom. The maximum atomic E-state index is 13.8. The van der Waals surface area contributed by atoms with Crippen LogP contribution in [0.2, 0.25) is 0 Å². The first-order valence-electron chi connectivity index (χ1n) is 6.35. The Labute approximate surface area is 134 Å². The molecular weight excluding hydrogens is 355 g/mol. The molecule has 2 N–H and O–H groups in total. The molecule has 22 heavy (non-hydrogen) atoms. The summed E-state index contributed by atoms with van der Waals surface area (Å²) in [7, 11) is 0. The van der Waals surface area contributed by atoms with Crippen LogP contribution in [0.3, 0.4) is 0 Å². The van der Waals surface area contributed by atoms with Crippen molar-refractivity contribution >= 4 is 27.9 Å². The van der Waals surface area contributed by atoms with Crippen molar-refractivity contribution in [2.45, 2.75) is 11.8 Å². The van der Waals surface area contributed by atoms with Crippen molar-refractivity contribution in [3.63, 3.8) is 0 Å². The SMILES string of the molecule is O=C(O)c1ccc(Cc2cccc(F)c2CBr)c(C(=O)O)c1. The predicted molar refractivity (Wildman–Crippen MR) is 82.2 cm³/mol. The van der Waals surface area contributed by atoms with E-state index in [4.69, 9.17) is 5.11 Å². The molecule has 0 aliphatic heterocycles. The number of rotatable bonds is 5. The molecule has 2 aromatic carbocycles. The Kier molecular flexibility index (Phi) is 4.92. The van der Waals surface area contributed by atoms with Crippen molar-refractivity contribution in [3.8, 4) is 0 Å². The van der Waals surface area contributed by atoms with Gasteiger partial charge in [0.2, 0.25) is 0 Å². The van der Waals surface area contributed by atoms with E-state index in [0.29, 0.717) is 22.0 Å². The molecule has 0 saturated carbocycles. The van der Waals surface area contributed by atoms with Gasteiger partial charge in [-0.05, 0) is 35.7 Å². The van der Waals surface area contributed by atoms with Crippen LogP contribution in [0.15, 0.2) is 36.4 Å². The van der Waals surface area contributed by atoms with Gasteiger partial charge in [0.25, 0.3) is 0 Å². The molecule has 0 aromatic heterocycles. The second-order valence-corrected chi connectivity index (χ2v) is 5.23. The maximum Gasteiger partial charge on any atom is 0.336 e. The van der Waals surface area contributed by atoms with Gasteiger partial charge in [-0.25, -0.2) is 14.0 Å². The summed E-state index contributed by atoms with van der Waals surface area (Å²) in [6.07, 6.45) is 0.209. The average Bonchev–Trinajstić information content (AvgIpc) is 2.47. The van der Waals surface area contributed by atoms with Gasteiger partial charge in [-0.1, -0.05) is 34.1 Å². The quantitative estimate of drug-likeness (QED) is 0.791. The highest BCUT2D eigenvalue weighted by atomic mass is 79.9. The molecule has 0 fully saturated rings. The van der Waals surface area contributed by atoms with Crippen LogP contribution in [0, 0.1) is 5.82 Å². The highest BCUT2D eigenvalue weighted by Gasteiger charge is 2.16. The standard InChI is InChI=1S/C16H12BrFO4/c17-8-13-9(2-1-3-14(13)18)6-10-4-5-11(15(19)20)7-12(10)16(21)22/h1-5,7H,6,8H2,(H,19,20)(H,21,22). The third kappa shape index (κ3) is 3.33. The van der Waals surface area contributed by atoms with Crippen LogP contribution in [0.4, 0.5) is 4.39 Å². The number of aromatic carboxylic acids is 2. The van der Waals surface area contributed by atoms with Gasteiger partial charge in [-0.2, -0.15) is 0 Å². The van der Waals surface area contributed by atoms with Crippen LogP contribution < -0.4 is 0 Å². The third-order valence-corrected chi connectivity index (χ3v) is 3.88. The topological polar surface area (TPSA) is 74.6 Å². The Balaban J connectivity index is 2.48. The van der Waals surface area contributed by atoms with E-state index in [9.17, 15) is 19.1 Å². The van der Waals surface area contributed by atoms with Crippen molar-refractivity contribution in [3.05, 3.63) is 70.0 Å². The molecule has 0 amide bonds. The fourth-order valence-corrected chi connectivity index (χ4v) is 2.81. The highest BCUT2D eigenvalue weighted by molar-refractivity contribution is 9.08. The average molecular weight is 367 g/mol. The first-order valence-corrected chi connectivity index (χ1v) is 7.48. The Morgan fingerprint density at radius 2 is 1.77 bits per heavy atom. The largest absolute Gasteiger partial charge is 0.478 e.